The van der Waals surface area contributed by atoms with Gasteiger partial charge in [-0.05, 0) is 27.7 Å². The molecule has 0 aliphatic carbocycles. The molecular weight excluding hydrogens is 363 g/mol. The summed E-state index contributed by atoms with van der Waals surface area (Å²) in [7, 11) is -2.17. The molecule has 0 fully saturated rings. The zero-order valence-corrected chi connectivity index (χ0v) is 16.3. The van der Waals surface area contributed by atoms with Gasteiger partial charge >= 0.3 is 7.32 Å². The van der Waals surface area contributed by atoms with E-state index < -0.39 is 7.32 Å². The van der Waals surface area contributed by atoms with Crippen molar-refractivity contribution in [1.29, 1.82) is 0 Å². The van der Waals surface area contributed by atoms with Crippen LogP contribution >= 0.6 is 0 Å². The number of aryl methyl sites for hydroxylation is 4. The molecule has 0 atom stereocenters. The monoisotopic (exact) mass is 390 g/mol. The van der Waals surface area contributed by atoms with Gasteiger partial charge in [-0.1, -0.05) is 0 Å². The minimum Gasteiger partial charge on any atom is -0.402 e. The maximum atomic E-state index is 7.17. The smallest absolute Gasteiger partial charge is 0.402 e. The minimum atomic E-state index is -2.17. The molecule has 4 rings (SSSR count). The summed E-state index contributed by atoms with van der Waals surface area (Å²) in [6.07, 6.45) is 14.1. The van der Waals surface area contributed by atoms with Gasteiger partial charge in [-0.15, -0.1) is 0 Å². The Labute approximate surface area is 163 Å². The van der Waals surface area contributed by atoms with E-state index in [1.807, 2.05) is 27.7 Å². The Hall–Kier alpha value is -3.22. The molecule has 11 nitrogen and oxygen atoms in total. The molecule has 152 valence electrons. The van der Waals surface area contributed by atoms with Gasteiger partial charge in [0.1, 0.15) is 23.3 Å². The van der Waals surface area contributed by atoms with Crippen LogP contribution in [0.1, 0.15) is 23.3 Å². The molecule has 0 radical (unpaired) electrons. The van der Waals surface area contributed by atoms with E-state index in [1.54, 1.807) is 49.6 Å². The van der Waals surface area contributed by atoms with Crippen LogP contribution in [0.25, 0.3) is 0 Å². The molecule has 0 saturated carbocycles. The Morgan fingerprint density at radius 3 is 0.750 bits per heavy atom. The lowest BCUT2D eigenvalue weighted by Gasteiger charge is -1.69. The highest BCUT2D eigenvalue weighted by molar-refractivity contribution is 6.30. The van der Waals surface area contributed by atoms with E-state index in [-0.39, 0.29) is 0 Å². The highest BCUT2D eigenvalue weighted by Crippen LogP contribution is 1.80. The minimum absolute atomic E-state index is 0.968. The van der Waals surface area contributed by atoms with Crippen molar-refractivity contribution >= 4 is 7.32 Å². The van der Waals surface area contributed by atoms with E-state index in [2.05, 4.69) is 39.9 Å². The molecule has 0 aromatic carbocycles. The lowest BCUT2D eigenvalue weighted by Crippen LogP contribution is -2.07. The van der Waals surface area contributed by atoms with Crippen molar-refractivity contribution in [1.82, 2.24) is 39.9 Å². The molecule has 12 heteroatoms. The number of rotatable bonds is 0. The van der Waals surface area contributed by atoms with Crippen molar-refractivity contribution in [2.45, 2.75) is 27.7 Å². The van der Waals surface area contributed by atoms with Crippen LogP contribution in [-0.2, 0) is 0 Å². The molecule has 7 N–H and O–H groups in total. The van der Waals surface area contributed by atoms with E-state index in [4.69, 9.17) is 15.1 Å². The van der Waals surface area contributed by atoms with Gasteiger partial charge < -0.3 is 35.0 Å². The second-order valence-corrected chi connectivity index (χ2v) is 5.04. The third-order valence-electron chi connectivity index (χ3n) is 2.54. The van der Waals surface area contributed by atoms with E-state index in [9.17, 15) is 0 Å². The summed E-state index contributed by atoms with van der Waals surface area (Å²) in [5.74, 6) is 3.87. The van der Waals surface area contributed by atoms with Crippen molar-refractivity contribution in [3.8, 4) is 0 Å². The molecule has 4 aromatic heterocycles. The first-order chi connectivity index (χ1) is 13.3. The van der Waals surface area contributed by atoms with E-state index in [0.29, 0.717) is 0 Å². The molecule has 4 heterocycles. The predicted molar refractivity (Wildman–Crippen MR) is 106 cm³/mol. The zero-order valence-electron chi connectivity index (χ0n) is 16.3. The Balaban J connectivity index is 0.000000328. The van der Waals surface area contributed by atoms with Gasteiger partial charge in [-0.3, -0.25) is 0 Å². The van der Waals surface area contributed by atoms with Crippen LogP contribution in [0.15, 0.2) is 49.6 Å². The first-order valence-electron chi connectivity index (χ1n) is 8.19. The van der Waals surface area contributed by atoms with Gasteiger partial charge in [0, 0.05) is 49.6 Å². The quantitative estimate of drug-likeness (QED) is 0.217. The first-order valence-corrected chi connectivity index (χ1v) is 8.19. The third kappa shape index (κ3) is 17.6. The molecule has 0 bridgehead atoms. The largest absolute Gasteiger partial charge is 0.631 e. The average Bonchev–Trinajstić information content (AvgIpc) is 3.39. The highest BCUT2D eigenvalue weighted by Gasteiger charge is 1.92. The number of H-pyrrole nitrogens is 4. The van der Waals surface area contributed by atoms with Gasteiger partial charge in [0.05, 0.1) is 0 Å². The number of nitrogens with one attached hydrogen (secondary N) is 4. The summed E-state index contributed by atoms with van der Waals surface area (Å²) in [6.45, 7) is 7.67. The summed E-state index contributed by atoms with van der Waals surface area (Å²) >= 11 is 0. The molecule has 0 saturated heterocycles. The van der Waals surface area contributed by atoms with Crippen LogP contribution in [0.5, 0.6) is 0 Å². The Bertz CT molecular complexity index is 625. The number of aromatic nitrogens is 8. The van der Waals surface area contributed by atoms with E-state index >= 15 is 0 Å². The molecule has 28 heavy (non-hydrogen) atoms. The summed E-state index contributed by atoms with van der Waals surface area (Å²) in [5.41, 5.74) is 0. The fraction of sp³-hybridized carbons (Fsp3) is 0.250. The SMILES string of the molecule is Cc1ncc[nH]1.Cc1ncc[nH]1.Cc1ncc[nH]1.Cc1ncc[nH]1.OB(O)O. The molecule has 0 unspecified atom stereocenters. The van der Waals surface area contributed by atoms with Crippen LogP contribution in [0.3, 0.4) is 0 Å². The summed E-state index contributed by atoms with van der Waals surface area (Å²) in [6, 6.07) is 0. The Morgan fingerprint density at radius 1 is 0.536 bits per heavy atom. The molecule has 0 amide bonds. The number of nitrogens with zero attached hydrogens (tertiary/aromatic N) is 4. The lowest BCUT2D eigenvalue weighted by atomic mass is 10.3. The van der Waals surface area contributed by atoms with Gasteiger partial charge in [0.25, 0.3) is 0 Å². The lowest BCUT2D eigenvalue weighted by molar-refractivity contribution is 0.278. The number of hydrogen-bond acceptors (Lipinski definition) is 7. The average molecular weight is 390 g/mol. The highest BCUT2D eigenvalue weighted by atomic mass is 16.5. The molecule has 0 aliphatic rings. The van der Waals surface area contributed by atoms with Gasteiger partial charge in [0.15, 0.2) is 0 Å². The zero-order chi connectivity index (χ0) is 21.2. The van der Waals surface area contributed by atoms with Crippen molar-refractivity contribution in [3.63, 3.8) is 0 Å². The maximum absolute atomic E-state index is 7.17. The van der Waals surface area contributed by atoms with Gasteiger partial charge in [0.2, 0.25) is 0 Å². The van der Waals surface area contributed by atoms with Gasteiger partial charge in [-0.25, -0.2) is 19.9 Å². The Morgan fingerprint density at radius 2 is 0.714 bits per heavy atom. The first kappa shape index (κ1) is 24.8. The number of aromatic amines is 4. The molecule has 0 aliphatic heterocycles. The second-order valence-electron chi connectivity index (χ2n) is 5.04. The van der Waals surface area contributed by atoms with Crippen molar-refractivity contribution in [2.24, 2.45) is 0 Å². The molecule has 0 spiro atoms. The van der Waals surface area contributed by atoms with Crippen LogP contribution in [0.4, 0.5) is 0 Å². The predicted octanol–water partition coefficient (Wildman–Crippen LogP) is 0.821. The van der Waals surface area contributed by atoms with E-state index in [0.717, 1.165) is 23.3 Å². The van der Waals surface area contributed by atoms with Crippen LogP contribution < -0.4 is 0 Å². The van der Waals surface area contributed by atoms with Crippen LogP contribution in [-0.4, -0.2) is 62.3 Å². The normalized spacial score (nSPS) is 8.54. The fourth-order valence-corrected chi connectivity index (χ4v) is 1.38. The number of hydrogen-bond donors (Lipinski definition) is 7. The summed E-state index contributed by atoms with van der Waals surface area (Å²) in [5, 5.41) is 21.5. The third-order valence-corrected chi connectivity index (χ3v) is 2.54. The van der Waals surface area contributed by atoms with Crippen LogP contribution in [0.2, 0.25) is 0 Å². The molecular formula is C16H27BN8O3. The fourth-order valence-electron chi connectivity index (χ4n) is 1.38. The van der Waals surface area contributed by atoms with Gasteiger partial charge in [-0.2, -0.15) is 0 Å². The summed E-state index contributed by atoms with van der Waals surface area (Å²) < 4.78 is 0. The Kier molecular flexibility index (Phi) is 14.2. The van der Waals surface area contributed by atoms with Crippen LogP contribution in [0, 0.1) is 27.7 Å². The van der Waals surface area contributed by atoms with Crippen molar-refractivity contribution in [3.05, 3.63) is 72.9 Å². The van der Waals surface area contributed by atoms with E-state index in [1.165, 1.54) is 0 Å². The van der Waals surface area contributed by atoms with Crippen molar-refractivity contribution < 1.29 is 15.1 Å². The maximum Gasteiger partial charge on any atom is 0.631 e. The summed E-state index contributed by atoms with van der Waals surface area (Å²) in [4.78, 5) is 27.0. The standard InChI is InChI=1S/4C4H6N2.BH3O3/c4*1-4-5-2-3-6-4;2-1(3)4/h4*2-3H,1H3,(H,5,6);2-4H. The topological polar surface area (TPSA) is 175 Å². The number of imidazole rings is 4. The second kappa shape index (κ2) is 16.0. The van der Waals surface area contributed by atoms with Crippen molar-refractivity contribution in [2.75, 3.05) is 0 Å². The molecule has 4 aromatic rings.